The predicted octanol–water partition coefficient (Wildman–Crippen LogP) is 1.27. The van der Waals surface area contributed by atoms with Gasteiger partial charge in [-0.05, 0) is 6.08 Å². The van der Waals surface area contributed by atoms with E-state index in [0.29, 0.717) is 26.3 Å². The number of amides is 1. The van der Waals surface area contributed by atoms with E-state index in [-0.39, 0.29) is 5.91 Å². The zero-order valence-corrected chi connectivity index (χ0v) is 10.6. The third-order valence-electron chi connectivity index (χ3n) is 2.89. The number of rotatable bonds is 2. The Morgan fingerprint density at radius 2 is 2.28 bits per heavy atom. The number of ether oxygens (including phenoxy) is 1. The molecule has 0 spiro atoms. The number of carbonyl (C=O) groups excluding carboxylic acids is 1. The summed E-state index contributed by atoms with van der Waals surface area (Å²) in [5, 5.41) is 1.98. The van der Waals surface area contributed by atoms with E-state index in [4.69, 9.17) is 4.74 Å². The molecule has 1 fully saturated rings. The molecule has 0 bridgehead atoms. The lowest BCUT2D eigenvalue weighted by Crippen LogP contribution is -2.39. The Bertz CT molecular complexity index is 581. The van der Waals surface area contributed by atoms with E-state index >= 15 is 0 Å². The van der Waals surface area contributed by atoms with Gasteiger partial charge in [0.15, 0.2) is 4.96 Å². The van der Waals surface area contributed by atoms with E-state index in [1.807, 2.05) is 22.1 Å². The highest BCUT2D eigenvalue weighted by Gasteiger charge is 2.14. The normalized spacial score (nSPS) is 16.8. The Kier molecular flexibility index (Phi) is 3.12. The van der Waals surface area contributed by atoms with Gasteiger partial charge in [0.25, 0.3) is 0 Å². The fraction of sp³-hybridized carbons (Fsp3) is 0.333. The van der Waals surface area contributed by atoms with Crippen LogP contribution in [0.15, 0.2) is 23.8 Å². The Hall–Kier alpha value is -1.66. The standard InChI is InChI=1S/C12H13N3O2S/c16-11(14-3-6-17-7-4-14)2-1-10-9-13-12-15(10)5-8-18-12/h1-2,5,8-9H,3-4,6-7H2/b2-1+. The zero-order chi connectivity index (χ0) is 12.4. The molecule has 18 heavy (non-hydrogen) atoms. The van der Waals surface area contributed by atoms with Crippen molar-refractivity contribution in [3.05, 3.63) is 29.5 Å². The first-order valence-electron chi connectivity index (χ1n) is 5.80. The van der Waals surface area contributed by atoms with E-state index < -0.39 is 0 Å². The first kappa shape index (κ1) is 11.4. The minimum atomic E-state index is 0.0310. The van der Waals surface area contributed by atoms with E-state index in [1.54, 1.807) is 28.5 Å². The number of thiazole rings is 1. The summed E-state index contributed by atoms with van der Waals surface area (Å²) in [6.45, 7) is 2.59. The minimum Gasteiger partial charge on any atom is -0.378 e. The van der Waals surface area contributed by atoms with Crippen molar-refractivity contribution in [2.45, 2.75) is 0 Å². The highest BCUT2D eigenvalue weighted by atomic mass is 32.1. The van der Waals surface area contributed by atoms with E-state index in [2.05, 4.69) is 4.98 Å². The van der Waals surface area contributed by atoms with Gasteiger partial charge in [-0.25, -0.2) is 4.98 Å². The average Bonchev–Trinajstić information content (AvgIpc) is 3.00. The van der Waals surface area contributed by atoms with Gasteiger partial charge < -0.3 is 9.64 Å². The van der Waals surface area contributed by atoms with Crippen LogP contribution >= 0.6 is 11.3 Å². The van der Waals surface area contributed by atoms with Gasteiger partial charge >= 0.3 is 0 Å². The van der Waals surface area contributed by atoms with Crippen LogP contribution in [0.2, 0.25) is 0 Å². The van der Waals surface area contributed by atoms with E-state index in [0.717, 1.165) is 10.7 Å². The summed E-state index contributed by atoms with van der Waals surface area (Å²) in [4.78, 5) is 18.9. The van der Waals surface area contributed by atoms with Gasteiger partial charge in [0.2, 0.25) is 5.91 Å². The van der Waals surface area contributed by atoms with Crippen LogP contribution in [0.1, 0.15) is 5.69 Å². The maximum Gasteiger partial charge on any atom is 0.246 e. The molecule has 0 aliphatic carbocycles. The Morgan fingerprint density at radius 3 is 3.11 bits per heavy atom. The molecule has 6 heteroatoms. The molecule has 1 amide bonds. The minimum absolute atomic E-state index is 0.0310. The van der Waals surface area contributed by atoms with Crippen LogP contribution in [0.5, 0.6) is 0 Å². The van der Waals surface area contributed by atoms with Crippen molar-refractivity contribution in [1.82, 2.24) is 14.3 Å². The second-order valence-corrected chi connectivity index (χ2v) is 4.88. The van der Waals surface area contributed by atoms with E-state index in [9.17, 15) is 4.79 Å². The summed E-state index contributed by atoms with van der Waals surface area (Å²) in [5.74, 6) is 0.0310. The van der Waals surface area contributed by atoms with Gasteiger partial charge in [-0.3, -0.25) is 9.20 Å². The molecule has 5 nitrogen and oxygen atoms in total. The summed E-state index contributed by atoms with van der Waals surface area (Å²) in [5.41, 5.74) is 0.924. The Morgan fingerprint density at radius 1 is 1.44 bits per heavy atom. The quantitative estimate of drug-likeness (QED) is 0.767. The monoisotopic (exact) mass is 263 g/mol. The fourth-order valence-electron chi connectivity index (χ4n) is 1.91. The summed E-state index contributed by atoms with van der Waals surface area (Å²) in [6.07, 6.45) is 7.14. The van der Waals surface area contributed by atoms with Crippen LogP contribution in [0.3, 0.4) is 0 Å². The third kappa shape index (κ3) is 2.16. The first-order chi connectivity index (χ1) is 8.84. The highest BCUT2D eigenvalue weighted by molar-refractivity contribution is 7.15. The molecular weight excluding hydrogens is 250 g/mol. The molecule has 3 heterocycles. The van der Waals surface area contributed by atoms with Crippen molar-refractivity contribution >= 4 is 28.3 Å². The van der Waals surface area contributed by atoms with Crippen molar-refractivity contribution < 1.29 is 9.53 Å². The molecule has 2 aromatic heterocycles. The average molecular weight is 263 g/mol. The number of imidazole rings is 1. The number of morpholine rings is 1. The van der Waals surface area contributed by atoms with Gasteiger partial charge in [-0.1, -0.05) is 0 Å². The molecule has 1 aliphatic rings. The van der Waals surface area contributed by atoms with Crippen molar-refractivity contribution in [3.63, 3.8) is 0 Å². The third-order valence-corrected chi connectivity index (χ3v) is 3.67. The highest BCUT2D eigenvalue weighted by Crippen LogP contribution is 2.13. The molecule has 0 saturated carbocycles. The second-order valence-electron chi connectivity index (χ2n) is 4.01. The molecule has 1 aliphatic heterocycles. The van der Waals surface area contributed by atoms with Gasteiger partial charge in [0.05, 0.1) is 25.1 Å². The summed E-state index contributed by atoms with van der Waals surface area (Å²) < 4.78 is 7.18. The largest absolute Gasteiger partial charge is 0.378 e. The van der Waals surface area contributed by atoms with Gasteiger partial charge in [-0.2, -0.15) is 0 Å². The summed E-state index contributed by atoms with van der Waals surface area (Å²) >= 11 is 1.58. The van der Waals surface area contributed by atoms with E-state index in [1.165, 1.54) is 0 Å². The lowest BCUT2D eigenvalue weighted by Gasteiger charge is -2.25. The SMILES string of the molecule is O=C(/C=C/c1cnc2sccn12)N1CCOCC1. The van der Waals surface area contributed by atoms with Crippen molar-refractivity contribution in [3.8, 4) is 0 Å². The zero-order valence-electron chi connectivity index (χ0n) is 9.78. The number of aromatic nitrogens is 2. The van der Waals surface area contributed by atoms with Gasteiger partial charge in [0.1, 0.15) is 0 Å². The summed E-state index contributed by atoms with van der Waals surface area (Å²) in [6, 6.07) is 0. The van der Waals surface area contributed by atoms with Crippen molar-refractivity contribution in [2.75, 3.05) is 26.3 Å². The number of hydrogen-bond donors (Lipinski definition) is 0. The molecule has 0 radical (unpaired) electrons. The molecule has 0 unspecified atom stereocenters. The molecule has 0 aromatic carbocycles. The first-order valence-corrected chi connectivity index (χ1v) is 6.68. The smallest absolute Gasteiger partial charge is 0.246 e. The summed E-state index contributed by atoms with van der Waals surface area (Å²) in [7, 11) is 0. The van der Waals surface area contributed by atoms with Crippen LogP contribution in [0.4, 0.5) is 0 Å². The maximum atomic E-state index is 11.9. The number of hydrogen-bond acceptors (Lipinski definition) is 4. The lowest BCUT2D eigenvalue weighted by atomic mass is 10.3. The molecular formula is C12H13N3O2S. The Labute approximate surface area is 108 Å². The number of carbonyl (C=O) groups is 1. The van der Waals surface area contributed by atoms with Crippen LogP contribution in [0.25, 0.3) is 11.0 Å². The van der Waals surface area contributed by atoms with Crippen LogP contribution < -0.4 is 0 Å². The molecule has 3 rings (SSSR count). The van der Waals surface area contributed by atoms with Gasteiger partial charge in [0, 0.05) is 30.7 Å². The van der Waals surface area contributed by atoms with Crippen molar-refractivity contribution in [1.29, 1.82) is 0 Å². The molecule has 2 aromatic rings. The fourth-order valence-corrected chi connectivity index (χ4v) is 2.61. The van der Waals surface area contributed by atoms with Crippen LogP contribution in [-0.2, 0) is 9.53 Å². The van der Waals surface area contributed by atoms with Crippen LogP contribution in [0, 0.1) is 0 Å². The van der Waals surface area contributed by atoms with Gasteiger partial charge in [-0.15, -0.1) is 11.3 Å². The molecule has 94 valence electrons. The predicted molar refractivity (Wildman–Crippen MR) is 69.5 cm³/mol. The maximum absolute atomic E-state index is 11.9. The molecule has 1 saturated heterocycles. The Balaban J connectivity index is 1.73. The lowest BCUT2D eigenvalue weighted by molar-refractivity contribution is -0.129. The van der Waals surface area contributed by atoms with Crippen LogP contribution in [-0.4, -0.2) is 46.5 Å². The number of nitrogens with zero attached hydrogens (tertiary/aromatic N) is 3. The molecule has 0 N–H and O–H groups in total. The topological polar surface area (TPSA) is 46.8 Å². The molecule has 0 atom stereocenters. The number of fused-ring (bicyclic) bond motifs is 1. The second kappa shape index (κ2) is 4.91. The van der Waals surface area contributed by atoms with Crippen molar-refractivity contribution in [2.24, 2.45) is 0 Å².